The number of carbonyl (C=O) groups excluding carboxylic acids is 2. The van der Waals surface area contributed by atoms with Crippen molar-refractivity contribution in [3.63, 3.8) is 0 Å². The fourth-order valence-corrected chi connectivity index (χ4v) is 2.54. The molecule has 1 heterocycles. The molecule has 0 bridgehead atoms. The largest absolute Gasteiger partial charge is 0.342 e. The summed E-state index contributed by atoms with van der Waals surface area (Å²) in [6, 6.07) is 0. The highest BCUT2D eigenvalue weighted by molar-refractivity contribution is 5.78. The fraction of sp³-hybridized carbons (Fsp3) is 0.875. The molecule has 1 rings (SSSR count). The Balaban J connectivity index is 2.34. The van der Waals surface area contributed by atoms with E-state index in [-0.39, 0.29) is 11.8 Å². The van der Waals surface area contributed by atoms with Crippen molar-refractivity contribution in [3.8, 4) is 0 Å². The number of carbonyl (C=O) groups is 2. The van der Waals surface area contributed by atoms with E-state index in [0.29, 0.717) is 18.9 Å². The lowest BCUT2D eigenvalue weighted by atomic mass is 10.1. The highest BCUT2D eigenvalue weighted by atomic mass is 16.2. The SMILES string of the molecule is CCN1CCN(C(=O)CCN(CCC(C)C)C(C)=O)CC1. The van der Waals surface area contributed by atoms with Gasteiger partial charge in [-0.2, -0.15) is 0 Å². The van der Waals surface area contributed by atoms with Gasteiger partial charge < -0.3 is 14.7 Å². The van der Waals surface area contributed by atoms with Crippen LogP contribution in [0.5, 0.6) is 0 Å². The number of amides is 2. The zero-order valence-electron chi connectivity index (χ0n) is 14.1. The van der Waals surface area contributed by atoms with Crippen molar-refractivity contribution in [1.82, 2.24) is 14.7 Å². The summed E-state index contributed by atoms with van der Waals surface area (Å²) in [5.74, 6) is 0.825. The van der Waals surface area contributed by atoms with Crippen LogP contribution >= 0.6 is 0 Å². The molecule has 0 unspecified atom stereocenters. The topological polar surface area (TPSA) is 43.9 Å². The van der Waals surface area contributed by atoms with Crippen LogP contribution in [0, 0.1) is 5.92 Å². The highest BCUT2D eigenvalue weighted by Gasteiger charge is 2.21. The standard InChI is InChI=1S/C16H31N3O2/c1-5-17-10-12-19(13-11-17)16(21)7-9-18(15(4)20)8-6-14(2)3/h14H,5-13H2,1-4H3. The summed E-state index contributed by atoms with van der Waals surface area (Å²) in [6.45, 7) is 14.0. The van der Waals surface area contributed by atoms with E-state index in [0.717, 1.165) is 45.7 Å². The Morgan fingerprint density at radius 3 is 2.19 bits per heavy atom. The zero-order chi connectivity index (χ0) is 15.8. The van der Waals surface area contributed by atoms with Crippen LogP contribution in [0.25, 0.3) is 0 Å². The average molecular weight is 297 g/mol. The summed E-state index contributed by atoms with van der Waals surface area (Å²) in [4.78, 5) is 29.9. The Hall–Kier alpha value is -1.10. The van der Waals surface area contributed by atoms with Crippen molar-refractivity contribution in [3.05, 3.63) is 0 Å². The first-order valence-electron chi connectivity index (χ1n) is 8.19. The molecule has 2 amide bonds. The lowest BCUT2D eigenvalue weighted by molar-refractivity contribution is -0.134. The summed E-state index contributed by atoms with van der Waals surface area (Å²) >= 11 is 0. The van der Waals surface area contributed by atoms with Crippen LogP contribution in [0.2, 0.25) is 0 Å². The van der Waals surface area contributed by atoms with Gasteiger partial charge in [0.25, 0.3) is 0 Å². The smallest absolute Gasteiger partial charge is 0.224 e. The van der Waals surface area contributed by atoms with Crippen LogP contribution in [0.3, 0.4) is 0 Å². The van der Waals surface area contributed by atoms with Gasteiger partial charge in [0.15, 0.2) is 0 Å². The number of nitrogens with zero attached hydrogens (tertiary/aromatic N) is 3. The first-order chi connectivity index (χ1) is 9.93. The first-order valence-corrected chi connectivity index (χ1v) is 8.19. The summed E-state index contributed by atoms with van der Waals surface area (Å²) in [5.41, 5.74) is 0. The molecule has 0 N–H and O–H groups in total. The van der Waals surface area contributed by atoms with Crippen LogP contribution < -0.4 is 0 Å². The Morgan fingerprint density at radius 1 is 1.10 bits per heavy atom. The van der Waals surface area contributed by atoms with Gasteiger partial charge in [0.05, 0.1) is 0 Å². The maximum absolute atomic E-state index is 12.2. The molecule has 0 aromatic carbocycles. The molecule has 122 valence electrons. The number of rotatable bonds is 7. The van der Waals surface area contributed by atoms with Crippen LogP contribution in [0.4, 0.5) is 0 Å². The van der Waals surface area contributed by atoms with E-state index in [1.807, 2.05) is 4.90 Å². The second-order valence-corrected chi connectivity index (χ2v) is 6.25. The van der Waals surface area contributed by atoms with Gasteiger partial charge in [-0.15, -0.1) is 0 Å². The third-order valence-electron chi connectivity index (χ3n) is 4.19. The molecule has 1 aliphatic heterocycles. The van der Waals surface area contributed by atoms with Crippen molar-refractivity contribution in [1.29, 1.82) is 0 Å². The quantitative estimate of drug-likeness (QED) is 0.714. The molecule has 1 fully saturated rings. The third-order valence-corrected chi connectivity index (χ3v) is 4.19. The van der Waals surface area contributed by atoms with E-state index < -0.39 is 0 Å². The molecule has 5 nitrogen and oxygen atoms in total. The summed E-state index contributed by atoms with van der Waals surface area (Å²) in [7, 11) is 0. The van der Waals surface area contributed by atoms with Gasteiger partial charge in [-0.25, -0.2) is 0 Å². The summed E-state index contributed by atoms with van der Waals surface area (Å²) < 4.78 is 0. The van der Waals surface area contributed by atoms with Crippen LogP contribution in [-0.4, -0.2) is 72.3 Å². The first kappa shape index (κ1) is 18.0. The molecule has 0 saturated carbocycles. The van der Waals surface area contributed by atoms with E-state index in [1.54, 1.807) is 11.8 Å². The van der Waals surface area contributed by atoms with Gasteiger partial charge in [-0.05, 0) is 18.9 Å². The molecule has 0 aromatic rings. The van der Waals surface area contributed by atoms with E-state index in [1.165, 1.54) is 0 Å². The van der Waals surface area contributed by atoms with Crippen molar-refractivity contribution in [2.75, 3.05) is 45.8 Å². The number of hydrogen-bond acceptors (Lipinski definition) is 3. The van der Waals surface area contributed by atoms with Crippen LogP contribution in [0.1, 0.15) is 40.5 Å². The summed E-state index contributed by atoms with van der Waals surface area (Å²) in [5, 5.41) is 0. The van der Waals surface area contributed by atoms with Crippen molar-refractivity contribution < 1.29 is 9.59 Å². The molecule has 0 spiro atoms. The second-order valence-electron chi connectivity index (χ2n) is 6.25. The van der Waals surface area contributed by atoms with Gasteiger partial charge in [0.2, 0.25) is 11.8 Å². The monoisotopic (exact) mass is 297 g/mol. The molecule has 5 heteroatoms. The molecular formula is C16H31N3O2. The lowest BCUT2D eigenvalue weighted by Crippen LogP contribution is -2.49. The maximum atomic E-state index is 12.2. The fourth-order valence-electron chi connectivity index (χ4n) is 2.54. The molecule has 21 heavy (non-hydrogen) atoms. The second kappa shape index (κ2) is 9.03. The van der Waals surface area contributed by atoms with E-state index >= 15 is 0 Å². The molecule has 1 saturated heterocycles. The van der Waals surface area contributed by atoms with Gasteiger partial charge in [-0.1, -0.05) is 20.8 Å². The normalized spacial score (nSPS) is 16.3. The third kappa shape index (κ3) is 6.46. The Morgan fingerprint density at radius 2 is 1.71 bits per heavy atom. The Bertz CT molecular complexity index is 336. The minimum absolute atomic E-state index is 0.0688. The molecule has 0 radical (unpaired) electrons. The lowest BCUT2D eigenvalue weighted by Gasteiger charge is -2.34. The molecule has 0 aliphatic carbocycles. The van der Waals surface area contributed by atoms with Crippen molar-refractivity contribution in [2.24, 2.45) is 5.92 Å². The number of hydrogen-bond donors (Lipinski definition) is 0. The van der Waals surface area contributed by atoms with Gasteiger partial charge in [0.1, 0.15) is 0 Å². The molecular weight excluding hydrogens is 266 g/mol. The zero-order valence-corrected chi connectivity index (χ0v) is 14.1. The number of likely N-dealkylation sites (N-methyl/N-ethyl adjacent to an activating group) is 1. The van der Waals surface area contributed by atoms with Crippen LogP contribution in [-0.2, 0) is 9.59 Å². The van der Waals surface area contributed by atoms with Crippen LogP contribution in [0.15, 0.2) is 0 Å². The average Bonchev–Trinajstić information content (AvgIpc) is 2.46. The maximum Gasteiger partial charge on any atom is 0.224 e. The van der Waals surface area contributed by atoms with Gasteiger partial charge in [-0.3, -0.25) is 9.59 Å². The van der Waals surface area contributed by atoms with Crippen molar-refractivity contribution >= 4 is 11.8 Å². The molecule has 1 aliphatic rings. The minimum atomic E-state index is 0.0688. The van der Waals surface area contributed by atoms with E-state index in [2.05, 4.69) is 25.7 Å². The van der Waals surface area contributed by atoms with Crippen molar-refractivity contribution in [2.45, 2.75) is 40.5 Å². The predicted molar refractivity (Wildman–Crippen MR) is 85.0 cm³/mol. The Kier molecular flexibility index (Phi) is 7.72. The molecule has 0 aromatic heterocycles. The van der Waals surface area contributed by atoms with Gasteiger partial charge >= 0.3 is 0 Å². The minimum Gasteiger partial charge on any atom is -0.342 e. The van der Waals surface area contributed by atoms with E-state index in [4.69, 9.17) is 0 Å². The Labute approximate surface area is 129 Å². The highest BCUT2D eigenvalue weighted by Crippen LogP contribution is 2.07. The van der Waals surface area contributed by atoms with E-state index in [9.17, 15) is 9.59 Å². The predicted octanol–water partition coefficient (Wildman–Crippen LogP) is 1.44. The molecule has 0 atom stereocenters. The number of piperazine rings is 1. The summed E-state index contributed by atoms with van der Waals surface area (Å²) in [6.07, 6.45) is 1.44. The van der Waals surface area contributed by atoms with Gasteiger partial charge in [0, 0.05) is 52.6 Å².